The van der Waals surface area contributed by atoms with Crippen molar-refractivity contribution in [3.63, 3.8) is 0 Å². The molecule has 0 saturated carbocycles. The molecule has 2 aliphatic rings. The highest BCUT2D eigenvalue weighted by molar-refractivity contribution is 5.94. The summed E-state index contributed by atoms with van der Waals surface area (Å²) in [6.45, 7) is 0.811. The molecule has 0 bridgehead atoms. The number of benzene rings is 1. The zero-order valence-corrected chi connectivity index (χ0v) is 12.3. The van der Waals surface area contributed by atoms with Gasteiger partial charge in [-0.1, -0.05) is 29.4 Å². The third-order valence-corrected chi connectivity index (χ3v) is 4.61. The molecule has 0 saturated heterocycles. The number of aliphatic hydroxyl groups excluding tert-OH is 1. The van der Waals surface area contributed by atoms with Crippen LogP contribution >= 0.6 is 0 Å². The van der Waals surface area contributed by atoms with Crippen molar-refractivity contribution in [1.82, 2.24) is 10.1 Å². The van der Waals surface area contributed by atoms with Crippen molar-refractivity contribution in [3.8, 4) is 0 Å². The van der Waals surface area contributed by atoms with E-state index in [0.717, 1.165) is 48.1 Å². The average molecular weight is 298 g/mol. The lowest BCUT2D eigenvalue weighted by molar-refractivity contribution is 0.0540. The number of fused-ring (bicyclic) bond motifs is 2. The van der Waals surface area contributed by atoms with E-state index in [9.17, 15) is 9.90 Å². The number of hydrogen-bond acceptors (Lipinski definition) is 4. The minimum Gasteiger partial charge on any atom is -0.387 e. The van der Waals surface area contributed by atoms with Crippen LogP contribution in [0.4, 0.5) is 0 Å². The van der Waals surface area contributed by atoms with Gasteiger partial charge >= 0.3 is 0 Å². The summed E-state index contributed by atoms with van der Waals surface area (Å²) in [4.78, 5) is 14.4. The lowest BCUT2D eigenvalue weighted by Gasteiger charge is -2.31. The van der Waals surface area contributed by atoms with Gasteiger partial charge in [-0.15, -0.1) is 0 Å². The minimum absolute atomic E-state index is 0.138. The van der Waals surface area contributed by atoms with Gasteiger partial charge in [0.05, 0.1) is 12.6 Å². The molecule has 4 rings (SSSR count). The zero-order valence-electron chi connectivity index (χ0n) is 12.3. The number of carbonyl (C=O) groups excluding carboxylic acids is 1. The molecule has 1 aromatic heterocycles. The number of β-amino-alcohol motifs (C(OH)–C–C–N with tert-alkyl or cyclic N) is 1. The summed E-state index contributed by atoms with van der Waals surface area (Å²) in [7, 11) is 0. The molecule has 0 spiro atoms. The van der Waals surface area contributed by atoms with Crippen molar-refractivity contribution in [2.45, 2.75) is 38.3 Å². The van der Waals surface area contributed by atoms with Crippen LogP contribution in [0.2, 0.25) is 0 Å². The van der Waals surface area contributed by atoms with Gasteiger partial charge in [-0.3, -0.25) is 4.79 Å². The molecule has 0 fully saturated rings. The fourth-order valence-corrected chi connectivity index (χ4v) is 3.44. The highest BCUT2D eigenvalue weighted by Gasteiger charge is 2.31. The van der Waals surface area contributed by atoms with Crippen LogP contribution in [0, 0.1) is 0 Å². The summed E-state index contributed by atoms with van der Waals surface area (Å²) in [6, 6.07) is 7.71. The van der Waals surface area contributed by atoms with E-state index < -0.39 is 6.10 Å². The van der Waals surface area contributed by atoms with Gasteiger partial charge in [-0.05, 0) is 30.4 Å². The molecule has 114 valence electrons. The third-order valence-electron chi connectivity index (χ3n) is 4.61. The topological polar surface area (TPSA) is 66.6 Å². The Bertz CT molecular complexity index is 722. The van der Waals surface area contributed by atoms with Crippen LogP contribution in [-0.2, 0) is 19.4 Å². The number of aromatic nitrogens is 1. The van der Waals surface area contributed by atoms with Crippen LogP contribution in [0.25, 0.3) is 0 Å². The van der Waals surface area contributed by atoms with Crippen LogP contribution in [0.1, 0.15) is 51.9 Å². The Morgan fingerprint density at radius 3 is 3.00 bits per heavy atom. The Morgan fingerprint density at radius 1 is 1.27 bits per heavy atom. The minimum atomic E-state index is -0.642. The summed E-state index contributed by atoms with van der Waals surface area (Å²) in [6.07, 6.45) is 3.23. The lowest BCUT2D eigenvalue weighted by Crippen LogP contribution is -2.38. The number of amides is 1. The molecule has 5 nitrogen and oxygen atoms in total. The molecular weight excluding hydrogens is 280 g/mol. The Balaban J connectivity index is 1.63. The summed E-state index contributed by atoms with van der Waals surface area (Å²) < 4.78 is 5.34. The van der Waals surface area contributed by atoms with Crippen LogP contribution in [0.3, 0.4) is 0 Å². The second kappa shape index (κ2) is 5.25. The fraction of sp³-hybridized carbons (Fsp3) is 0.412. The van der Waals surface area contributed by atoms with Crippen molar-refractivity contribution < 1.29 is 14.4 Å². The maximum Gasteiger partial charge on any atom is 0.276 e. The number of aryl methyl sites for hydroxylation is 1. The average Bonchev–Trinajstić information content (AvgIpc) is 2.98. The molecule has 0 unspecified atom stereocenters. The van der Waals surface area contributed by atoms with Crippen molar-refractivity contribution in [3.05, 3.63) is 52.4 Å². The molecule has 5 heteroatoms. The van der Waals surface area contributed by atoms with E-state index in [4.69, 9.17) is 4.52 Å². The predicted molar refractivity (Wildman–Crippen MR) is 79.3 cm³/mol. The van der Waals surface area contributed by atoms with E-state index in [1.54, 1.807) is 4.90 Å². The maximum atomic E-state index is 12.8. The van der Waals surface area contributed by atoms with E-state index in [2.05, 4.69) is 5.16 Å². The fourth-order valence-electron chi connectivity index (χ4n) is 3.44. The van der Waals surface area contributed by atoms with Crippen LogP contribution in [0.5, 0.6) is 0 Å². The molecule has 2 heterocycles. The largest absolute Gasteiger partial charge is 0.387 e. The summed E-state index contributed by atoms with van der Waals surface area (Å²) in [5.41, 5.74) is 3.30. The molecule has 2 aromatic rings. The SMILES string of the molecule is O=C(c1noc2c1CCCC2)N1Cc2ccccc2[C@@H](O)C1. The molecule has 0 radical (unpaired) electrons. The summed E-state index contributed by atoms with van der Waals surface area (Å²) in [5, 5.41) is 14.3. The van der Waals surface area contributed by atoms with E-state index in [-0.39, 0.29) is 5.91 Å². The monoisotopic (exact) mass is 298 g/mol. The van der Waals surface area contributed by atoms with E-state index in [1.807, 2.05) is 24.3 Å². The molecule has 1 aliphatic heterocycles. The number of carbonyl (C=O) groups is 1. The molecule has 1 aromatic carbocycles. The second-order valence-electron chi connectivity index (χ2n) is 6.04. The highest BCUT2D eigenvalue weighted by Crippen LogP contribution is 2.29. The van der Waals surface area contributed by atoms with E-state index in [1.165, 1.54) is 0 Å². The summed E-state index contributed by atoms with van der Waals surface area (Å²) in [5.74, 6) is 0.716. The number of hydrogen-bond donors (Lipinski definition) is 1. The van der Waals surface area contributed by atoms with E-state index in [0.29, 0.717) is 18.8 Å². The maximum absolute atomic E-state index is 12.8. The van der Waals surface area contributed by atoms with Crippen molar-refractivity contribution in [2.24, 2.45) is 0 Å². The predicted octanol–water partition coefficient (Wildman–Crippen LogP) is 2.24. The van der Waals surface area contributed by atoms with Crippen LogP contribution in [0.15, 0.2) is 28.8 Å². The Morgan fingerprint density at radius 2 is 2.09 bits per heavy atom. The van der Waals surface area contributed by atoms with E-state index >= 15 is 0 Å². The van der Waals surface area contributed by atoms with Crippen molar-refractivity contribution in [1.29, 1.82) is 0 Å². The normalized spacial score (nSPS) is 20.4. The first-order valence-corrected chi connectivity index (χ1v) is 7.76. The van der Waals surface area contributed by atoms with Gasteiger partial charge < -0.3 is 14.5 Å². The molecule has 22 heavy (non-hydrogen) atoms. The first-order chi connectivity index (χ1) is 10.7. The molecule has 1 amide bonds. The quantitative estimate of drug-likeness (QED) is 0.877. The van der Waals surface area contributed by atoms with Gasteiger partial charge in [-0.2, -0.15) is 0 Å². The number of rotatable bonds is 1. The van der Waals surface area contributed by atoms with Gasteiger partial charge in [0.2, 0.25) is 0 Å². The Kier molecular flexibility index (Phi) is 3.22. The Labute approximate surface area is 128 Å². The first-order valence-electron chi connectivity index (χ1n) is 7.76. The highest BCUT2D eigenvalue weighted by atomic mass is 16.5. The zero-order chi connectivity index (χ0) is 15.1. The van der Waals surface area contributed by atoms with Gasteiger partial charge in [0, 0.05) is 18.5 Å². The second-order valence-corrected chi connectivity index (χ2v) is 6.04. The number of aliphatic hydroxyl groups is 1. The molecular formula is C17H18N2O3. The van der Waals surface area contributed by atoms with Gasteiger partial charge in [0.25, 0.3) is 5.91 Å². The Hall–Kier alpha value is -2.14. The lowest BCUT2D eigenvalue weighted by atomic mass is 9.94. The van der Waals surface area contributed by atoms with Gasteiger partial charge in [0.15, 0.2) is 5.69 Å². The van der Waals surface area contributed by atoms with Gasteiger partial charge in [-0.25, -0.2) is 0 Å². The molecule has 1 aliphatic carbocycles. The van der Waals surface area contributed by atoms with Crippen molar-refractivity contribution in [2.75, 3.05) is 6.54 Å². The summed E-state index contributed by atoms with van der Waals surface area (Å²) >= 11 is 0. The smallest absolute Gasteiger partial charge is 0.276 e. The van der Waals surface area contributed by atoms with Crippen LogP contribution in [-0.4, -0.2) is 27.6 Å². The number of nitrogens with zero attached hydrogens (tertiary/aromatic N) is 2. The molecule has 1 N–H and O–H groups in total. The van der Waals surface area contributed by atoms with Gasteiger partial charge in [0.1, 0.15) is 5.76 Å². The molecule has 1 atom stereocenters. The standard InChI is InChI=1S/C17H18N2O3/c20-14-10-19(9-11-5-1-2-6-12(11)14)17(21)16-13-7-3-4-8-15(13)22-18-16/h1-2,5-6,14,20H,3-4,7-10H2/t14-/m0/s1. The van der Waals surface area contributed by atoms with Crippen molar-refractivity contribution >= 4 is 5.91 Å². The third kappa shape index (κ3) is 2.13. The van der Waals surface area contributed by atoms with Crippen LogP contribution < -0.4 is 0 Å². The first kappa shape index (κ1) is 13.5.